The highest BCUT2D eigenvalue weighted by Gasteiger charge is 2.52. The van der Waals surface area contributed by atoms with Gasteiger partial charge in [-0.25, -0.2) is 23.2 Å². The van der Waals surface area contributed by atoms with E-state index in [1.165, 1.54) is 38.2 Å². The number of aryl methyl sites for hydroxylation is 1. The summed E-state index contributed by atoms with van der Waals surface area (Å²) < 4.78 is 25.5. The van der Waals surface area contributed by atoms with Gasteiger partial charge in [0.25, 0.3) is 0 Å². The third-order valence-corrected chi connectivity index (χ3v) is 7.97. The van der Waals surface area contributed by atoms with Gasteiger partial charge in [0.05, 0.1) is 16.5 Å². The summed E-state index contributed by atoms with van der Waals surface area (Å²) in [5.41, 5.74) is 8.45. The molecule has 5 rings (SSSR count). The van der Waals surface area contributed by atoms with Gasteiger partial charge in [-0.05, 0) is 68.1 Å². The molecule has 164 valence electrons. The molecule has 1 aromatic carbocycles. The van der Waals surface area contributed by atoms with Gasteiger partial charge in [0.2, 0.25) is 16.0 Å². The molecule has 0 radical (unpaired) electrons. The lowest BCUT2D eigenvalue weighted by Crippen LogP contribution is -2.24. The topological polar surface area (TPSA) is 142 Å². The van der Waals surface area contributed by atoms with Crippen LogP contribution in [0.5, 0.6) is 0 Å². The van der Waals surface area contributed by atoms with Crippen molar-refractivity contribution in [1.82, 2.24) is 19.7 Å². The van der Waals surface area contributed by atoms with E-state index >= 15 is 0 Å². The second-order valence-corrected chi connectivity index (χ2v) is 10.6. The Hall–Kier alpha value is -2.56. The molecule has 2 saturated carbocycles. The third-order valence-electron chi connectivity index (χ3n) is 6.91. The number of hydrogen-bond donors (Lipinski definition) is 3. The highest BCUT2D eigenvalue weighted by atomic mass is 32.2. The summed E-state index contributed by atoms with van der Waals surface area (Å²) in [4.78, 5) is 9.06. The van der Waals surface area contributed by atoms with Gasteiger partial charge < -0.3 is 11.1 Å². The predicted molar refractivity (Wildman–Crippen MR) is 118 cm³/mol. The van der Waals surface area contributed by atoms with Gasteiger partial charge in [-0.2, -0.15) is 10.1 Å². The largest absolute Gasteiger partial charge is 0.327 e. The molecule has 0 amide bonds. The van der Waals surface area contributed by atoms with Crippen molar-refractivity contribution < 1.29 is 8.42 Å². The second kappa shape index (κ2) is 7.25. The maximum atomic E-state index is 11.8. The molecule has 10 heteroatoms. The summed E-state index contributed by atoms with van der Waals surface area (Å²) in [6.07, 6.45) is 9.45. The van der Waals surface area contributed by atoms with E-state index in [-0.39, 0.29) is 4.90 Å². The number of rotatable bonds is 5. The van der Waals surface area contributed by atoms with E-state index in [1.807, 2.05) is 4.68 Å². The smallest absolute Gasteiger partial charge is 0.238 e. The number of sulfonamides is 1. The van der Waals surface area contributed by atoms with Crippen LogP contribution in [0.1, 0.15) is 37.7 Å². The molecule has 2 aliphatic carbocycles. The molecular formula is C21H27N7O2S. The third kappa shape index (κ3) is 3.90. The Labute approximate surface area is 181 Å². The Balaban J connectivity index is 1.35. The van der Waals surface area contributed by atoms with E-state index in [0.717, 1.165) is 17.6 Å². The van der Waals surface area contributed by atoms with Gasteiger partial charge in [-0.15, -0.1) is 0 Å². The fraction of sp³-hybridized carbons (Fsp3) is 0.476. The minimum atomic E-state index is -3.81. The maximum Gasteiger partial charge on any atom is 0.238 e. The molecule has 2 aliphatic rings. The minimum Gasteiger partial charge on any atom is -0.327 e. The van der Waals surface area contributed by atoms with E-state index in [9.17, 15) is 8.42 Å². The Kier molecular flexibility index (Phi) is 4.76. The van der Waals surface area contributed by atoms with E-state index < -0.39 is 10.0 Å². The fourth-order valence-electron chi connectivity index (χ4n) is 4.81. The molecule has 1 unspecified atom stereocenters. The summed E-state index contributed by atoms with van der Waals surface area (Å²) in [6.45, 7) is 2.53. The average Bonchev–Trinajstić information content (AvgIpc) is 3.17. The molecule has 2 fully saturated rings. The number of aromatic nitrogens is 4. The van der Waals surface area contributed by atoms with Gasteiger partial charge >= 0.3 is 0 Å². The summed E-state index contributed by atoms with van der Waals surface area (Å²) in [5.74, 6) is 0.951. The van der Waals surface area contributed by atoms with E-state index in [1.54, 1.807) is 31.5 Å². The summed E-state index contributed by atoms with van der Waals surface area (Å²) in [5, 5.41) is 13.8. The number of anilines is 2. The van der Waals surface area contributed by atoms with E-state index in [0.29, 0.717) is 34.6 Å². The first-order chi connectivity index (χ1) is 14.7. The second-order valence-electron chi connectivity index (χ2n) is 9.07. The van der Waals surface area contributed by atoms with Crippen LogP contribution in [-0.2, 0) is 16.6 Å². The number of primary sulfonamides is 1. The van der Waals surface area contributed by atoms with Crippen LogP contribution in [-0.4, -0.2) is 34.2 Å². The summed E-state index contributed by atoms with van der Waals surface area (Å²) in [7, 11) is -3.81. The predicted octanol–water partition coefficient (Wildman–Crippen LogP) is 2.43. The number of nitrogens with zero attached hydrogens (tertiary/aromatic N) is 4. The summed E-state index contributed by atoms with van der Waals surface area (Å²) in [6, 6.07) is 5.37. The fourth-order valence-corrected chi connectivity index (χ4v) is 5.62. The zero-order valence-electron chi connectivity index (χ0n) is 17.5. The molecule has 0 aliphatic heterocycles. The highest BCUT2D eigenvalue weighted by molar-refractivity contribution is 7.89. The van der Waals surface area contributed by atoms with E-state index in [2.05, 4.69) is 20.4 Å². The van der Waals surface area contributed by atoms with Crippen molar-refractivity contribution in [1.29, 1.82) is 0 Å². The molecule has 0 saturated heterocycles. The molecule has 2 heterocycles. The molecule has 9 nitrogen and oxygen atoms in total. The van der Waals surface area contributed by atoms with Gasteiger partial charge in [0, 0.05) is 24.5 Å². The van der Waals surface area contributed by atoms with Crippen molar-refractivity contribution >= 4 is 32.7 Å². The van der Waals surface area contributed by atoms with Crippen LogP contribution in [0.15, 0.2) is 35.5 Å². The minimum absolute atomic E-state index is 0.0778. The summed E-state index contributed by atoms with van der Waals surface area (Å²) >= 11 is 0. The lowest BCUT2D eigenvalue weighted by atomic mass is 9.79. The Morgan fingerprint density at radius 3 is 2.68 bits per heavy atom. The Morgan fingerprint density at radius 2 is 2.00 bits per heavy atom. The Morgan fingerprint density at radius 1 is 1.26 bits per heavy atom. The normalized spacial score (nSPS) is 25.8. The number of hydrogen-bond acceptors (Lipinski definition) is 7. The molecule has 0 bridgehead atoms. The lowest BCUT2D eigenvalue weighted by molar-refractivity contribution is 0.227. The van der Waals surface area contributed by atoms with Crippen molar-refractivity contribution in [3.63, 3.8) is 0 Å². The van der Waals surface area contributed by atoms with Crippen LogP contribution in [0.2, 0.25) is 0 Å². The average molecular weight is 442 g/mol. The van der Waals surface area contributed by atoms with Crippen LogP contribution < -0.4 is 16.2 Å². The van der Waals surface area contributed by atoms with Crippen LogP contribution in [0.3, 0.4) is 0 Å². The maximum absolute atomic E-state index is 11.8. The zero-order chi connectivity index (χ0) is 21.8. The van der Waals surface area contributed by atoms with Crippen molar-refractivity contribution in [2.75, 3.05) is 5.32 Å². The van der Waals surface area contributed by atoms with Crippen LogP contribution in [0.4, 0.5) is 11.6 Å². The number of benzene rings is 1. The quantitative estimate of drug-likeness (QED) is 0.552. The van der Waals surface area contributed by atoms with Crippen LogP contribution in [0, 0.1) is 18.3 Å². The zero-order valence-corrected chi connectivity index (χ0v) is 18.3. The van der Waals surface area contributed by atoms with Gasteiger partial charge in [-0.3, -0.25) is 0 Å². The first kappa shape index (κ1) is 20.3. The number of fused-ring (bicyclic) bond motifs is 1. The molecule has 1 spiro atoms. The Bertz CT molecular complexity index is 1250. The van der Waals surface area contributed by atoms with Crippen LogP contribution in [0.25, 0.3) is 11.0 Å². The van der Waals surface area contributed by atoms with Crippen molar-refractivity contribution in [3.05, 3.63) is 36.2 Å². The lowest BCUT2D eigenvalue weighted by Gasteiger charge is -2.29. The first-order valence-corrected chi connectivity index (χ1v) is 12.1. The van der Waals surface area contributed by atoms with Gasteiger partial charge in [0.15, 0.2) is 5.65 Å². The monoisotopic (exact) mass is 441 g/mol. The van der Waals surface area contributed by atoms with Crippen LogP contribution >= 0.6 is 0 Å². The molecule has 5 N–H and O–H groups in total. The first-order valence-electron chi connectivity index (χ1n) is 10.6. The molecule has 1 atom stereocenters. The van der Waals surface area contributed by atoms with Gasteiger partial charge in [-0.1, -0.05) is 6.07 Å². The number of nitrogens with one attached hydrogen (secondary N) is 1. The SMILES string of the molecule is Cc1ccc(Nc2ncc3cnn(CC4CCC5(CC4)CC5N)c3n2)cc1S(N)(=O)=O. The number of nitrogens with two attached hydrogens (primary N) is 2. The molecular weight excluding hydrogens is 414 g/mol. The van der Waals surface area contributed by atoms with Crippen molar-refractivity contribution in [3.8, 4) is 0 Å². The molecule has 3 aromatic rings. The van der Waals surface area contributed by atoms with E-state index in [4.69, 9.17) is 10.9 Å². The highest BCUT2D eigenvalue weighted by Crippen LogP contribution is 2.56. The van der Waals surface area contributed by atoms with Crippen molar-refractivity contribution in [2.45, 2.75) is 56.5 Å². The molecule has 31 heavy (non-hydrogen) atoms. The molecule has 2 aromatic heterocycles. The van der Waals surface area contributed by atoms with Gasteiger partial charge in [0.1, 0.15) is 0 Å². The standard InChI is InChI=1S/C21H27N7O2S/c1-13-2-3-16(8-17(13)31(23,29)30)26-20-24-10-15-11-25-28(19(15)27-20)12-14-4-6-21(7-5-14)9-18(21)22/h2-3,8,10-11,14,18H,4-7,9,12,22H2,1H3,(H2,23,29,30)(H,24,26,27). The van der Waals surface area contributed by atoms with Crippen molar-refractivity contribution in [2.24, 2.45) is 22.2 Å².